The lowest BCUT2D eigenvalue weighted by molar-refractivity contribution is -0.138. The molecule has 14 heavy (non-hydrogen) atoms. The Balaban J connectivity index is 0.000000791. The Morgan fingerprint density at radius 1 is 1.14 bits per heavy atom. The van der Waals surface area contributed by atoms with Gasteiger partial charge in [-0.2, -0.15) is 0 Å². The van der Waals surface area contributed by atoms with Crippen molar-refractivity contribution in [2.75, 3.05) is 0 Å². The van der Waals surface area contributed by atoms with Crippen LogP contribution >= 0.6 is 0 Å². The molecule has 0 bridgehead atoms. The molecule has 1 heterocycles. The number of nitrogens with one attached hydrogen (secondary N) is 2. The van der Waals surface area contributed by atoms with Gasteiger partial charge in [-0.15, -0.1) is 0 Å². The van der Waals surface area contributed by atoms with Gasteiger partial charge in [0.05, 0.1) is 0 Å². The minimum absolute atomic E-state index is 0.0121. The van der Waals surface area contributed by atoms with E-state index in [0.717, 1.165) is 0 Å². The normalized spacial score (nSPS) is 17.1. The predicted molar refractivity (Wildman–Crippen MR) is 55.1 cm³/mol. The molecule has 1 fully saturated rings. The van der Waals surface area contributed by atoms with Crippen LogP contribution in [0, 0.1) is 11.8 Å². The fourth-order valence-electron chi connectivity index (χ4n) is 1.21. The lowest BCUT2D eigenvalue weighted by atomic mass is 9.93. The van der Waals surface area contributed by atoms with E-state index in [1.165, 1.54) is 0 Å². The van der Waals surface area contributed by atoms with Crippen LogP contribution in [0.1, 0.15) is 27.7 Å². The Kier molecular flexibility index (Phi) is 4.91. The van der Waals surface area contributed by atoms with Crippen molar-refractivity contribution in [3.05, 3.63) is 12.4 Å². The lowest BCUT2D eigenvalue weighted by Crippen LogP contribution is -2.51. The van der Waals surface area contributed by atoms with Crippen LogP contribution in [-0.2, 0) is 9.59 Å². The fraction of sp³-hybridized carbons (Fsp3) is 0.600. The van der Waals surface area contributed by atoms with Crippen LogP contribution in [0.4, 0.5) is 0 Å². The minimum atomic E-state index is -0.588. The second-order valence-electron chi connectivity index (χ2n) is 3.18. The van der Waals surface area contributed by atoms with Crippen LogP contribution in [0.25, 0.3) is 0 Å². The molecule has 0 radical (unpaired) electrons. The van der Waals surface area contributed by atoms with Gasteiger partial charge < -0.3 is 10.6 Å². The Morgan fingerprint density at radius 3 is 1.79 bits per heavy atom. The minimum Gasteiger partial charge on any atom is -0.312 e. The van der Waals surface area contributed by atoms with Crippen molar-refractivity contribution in [3.8, 4) is 0 Å². The number of hydrogen-bond acceptors (Lipinski definition) is 2. The van der Waals surface area contributed by atoms with Gasteiger partial charge in [-0.25, -0.2) is 0 Å². The molecule has 0 aromatic carbocycles. The Morgan fingerprint density at radius 2 is 1.50 bits per heavy atom. The average Bonchev–Trinajstić information content (AvgIpc) is 2.04. The van der Waals surface area contributed by atoms with E-state index in [1.807, 2.05) is 27.7 Å². The van der Waals surface area contributed by atoms with E-state index in [-0.39, 0.29) is 23.6 Å². The molecule has 1 aliphatic heterocycles. The van der Waals surface area contributed by atoms with Gasteiger partial charge in [0.2, 0.25) is 11.8 Å². The van der Waals surface area contributed by atoms with Crippen molar-refractivity contribution < 1.29 is 9.59 Å². The molecule has 1 saturated heterocycles. The number of carbonyl (C=O) groups excluding carboxylic acids is 2. The maximum atomic E-state index is 11.2. The molecular weight excluding hydrogens is 180 g/mol. The summed E-state index contributed by atoms with van der Waals surface area (Å²) < 4.78 is 0. The molecule has 0 saturated carbocycles. The highest BCUT2D eigenvalue weighted by Crippen LogP contribution is 2.14. The van der Waals surface area contributed by atoms with Crippen LogP contribution in [-0.4, -0.2) is 11.8 Å². The van der Waals surface area contributed by atoms with E-state index in [4.69, 9.17) is 0 Å². The maximum Gasteiger partial charge on any atom is 0.238 e. The van der Waals surface area contributed by atoms with Gasteiger partial charge in [0.15, 0.2) is 0 Å². The average molecular weight is 198 g/mol. The van der Waals surface area contributed by atoms with Crippen LogP contribution in [0.2, 0.25) is 0 Å². The number of hydrogen-bond donors (Lipinski definition) is 2. The smallest absolute Gasteiger partial charge is 0.238 e. The molecule has 0 unspecified atom stereocenters. The molecule has 4 nitrogen and oxygen atoms in total. The van der Waals surface area contributed by atoms with Crippen LogP contribution < -0.4 is 10.6 Å². The first-order valence-corrected chi connectivity index (χ1v) is 4.83. The highest BCUT2D eigenvalue weighted by atomic mass is 16.2. The van der Waals surface area contributed by atoms with Crippen molar-refractivity contribution in [3.63, 3.8) is 0 Å². The zero-order valence-electron chi connectivity index (χ0n) is 9.18. The van der Waals surface area contributed by atoms with E-state index in [2.05, 4.69) is 17.2 Å². The van der Waals surface area contributed by atoms with Gasteiger partial charge in [0, 0.05) is 0 Å². The van der Waals surface area contributed by atoms with E-state index >= 15 is 0 Å². The largest absolute Gasteiger partial charge is 0.312 e. The zero-order chi connectivity index (χ0) is 11.3. The van der Waals surface area contributed by atoms with Crippen molar-refractivity contribution in [2.45, 2.75) is 27.7 Å². The van der Waals surface area contributed by atoms with E-state index < -0.39 is 5.92 Å². The number of amides is 2. The Bertz CT molecular complexity index is 227. The molecule has 0 aliphatic carbocycles. The second kappa shape index (κ2) is 5.42. The summed E-state index contributed by atoms with van der Waals surface area (Å²) in [6, 6.07) is 0. The quantitative estimate of drug-likeness (QED) is 0.618. The molecule has 2 amide bonds. The third kappa shape index (κ3) is 2.87. The third-order valence-electron chi connectivity index (χ3n) is 1.78. The highest BCUT2D eigenvalue weighted by Gasteiger charge is 2.33. The van der Waals surface area contributed by atoms with Gasteiger partial charge in [0.1, 0.15) is 11.7 Å². The van der Waals surface area contributed by atoms with Gasteiger partial charge in [-0.3, -0.25) is 9.59 Å². The highest BCUT2D eigenvalue weighted by molar-refractivity contribution is 6.04. The van der Waals surface area contributed by atoms with E-state index in [0.29, 0.717) is 0 Å². The molecule has 0 aromatic heterocycles. The zero-order valence-corrected chi connectivity index (χ0v) is 9.18. The molecule has 0 aromatic rings. The Labute approximate surface area is 84.8 Å². The van der Waals surface area contributed by atoms with Crippen LogP contribution in [0.3, 0.4) is 0 Å². The number of rotatable bonds is 1. The van der Waals surface area contributed by atoms with Crippen LogP contribution in [0.15, 0.2) is 12.4 Å². The molecule has 1 rings (SSSR count). The monoisotopic (exact) mass is 198 g/mol. The molecular formula is C10H18N2O2. The van der Waals surface area contributed by atoms with Gasteiger partial charge in [0.25, 0.3) is 0 Å². The summed E-state index contributed by atoms with van der Waals surface area (Å²) in [4.78, 5) is 22.4. The maximum absolute atomic E-state index is 11.2. The van der Waals surface area contributed by atoms with E-state index in [1.54, 1.807) is 0 Å². The Hall–Kier alpha value is -1.32. The molecule has 0 atom stereocenters. The second-order valence-corrected chi connectivity index (χ2v) is 3.18. The molecule has 0 spiro atoms. The molecule has 80 valence electrons. The van der Waals surface area contributed by atoms with Gasteiger partial charge in [-0.05, 0) is 5.92 Å². The summed E-state index contributed by atoms with van der Waals surface area (Å²) in [6.07, 6.45) is 0. The summed E-state index contributed by atoms with van der Waals surface area (Å²) in [5, 5.41) is 4.95. The van der Waals surface area contributed by atoms with Crippen LogP contribution in [0.5, 0.6) is 0 Å². The lowest BCUT2D eigenvalue weighted by Gasteiger charge is -2.25. The van der Waals surface area contributed by atoms with E-state index in [9.17, 15) is 9.59 Å². The van der Waals surface area contributed by atoms with Crippen molar-refractivity contribution >= 4 is 11.8 Å². The summed E-state index contributed by atoms with van der Waals surface area (Å²) in [5.41, 5.74) is 0. The topological polar surface area (TPSA) is 58.2 Å². The predicted octanol–water partition coefficient (Wildman–Crippen LogP) is 1.00. The molecule has 2 N–H and O–H groups in total. The summed E-state index contributed by atoms with van der Waals surface area (Å²) in [5.74, 6) is -0.840. The van der Waals surface area contributed by atoms with Gasteiger partial charge in [-0.1, -0.05) is 34.3 Å². The number of carbonyl (C=O) groups is 2. The van der Waals surface area contributed by atoms with Gasteiger partial charge >= 0.3 is 0 Å². The van der Waals surface area contributed by atoms with Crippen molar-refractivity contribution in [1.82, 2.24) is 10.6 Å². The first-order valence-electron chi connectivity index (χ1n) is 4.83. The molecule has 1 aliphatic rings. The van der Waals surface area contributed by atoms with Crippen molar-refractivity contribution in [1.29, 1.82) is 0 Å². The first kappa shape index (κ1) is 12.7. The fourth-order valence-corrected chi connectivity index (χ4v) is 1.21. The summed E-state index contributed by atoms with van der Waals surface area (Å²) in [7, 11) is 0. The third-order valence-corrected chi connectivity index (χ3v) is 1.78. The standard InChI is InChI=1S/C8H12N2O2.C2H6/c1-4(2)6-7(11)9-5(3)10-8(6)12;1-2/h4,6H,3H2,1-2H3,(H,9,11)(H,10,12);1-2H3. The molecule has 4 heteroatoms. The summed E-state index contributed by atoms with van der Waals surface area (Å²) >= 11 is 0. The first-order chi connectivity index (χ1) is 6.52. The summed E-state index contributed by atoms with van der Waals surface area (Å²) in [6.45, 7) is 11.1. The SMILES string of the molecule is C=C1NC(=O)C(C(C)C)C(=O)N1.CC. The van der Waals surface area contributed by atoms with Crippen molar-refractivity contribution in [2.24, 2.45) is 11.8 Å².